The Hall–Kier alpha value is -2.45. The monoisotopic (exact) mass is 332 g/mol. The second-order valence-electron chi connectivity index (χ2n) is 4.33. The van der Waals surface area contributed by atoms with E-state index in [0.717, 1.165) is 17.0 Å². The lowest BCUT2D eigenvalue weighted by atomic mass is 10.3. The van der Waals surface area contributed by atoms with Crippen molar-refractivity contribution >= 4 is 38.7 Å². The van der Waals surface area contributed by atoms with E-state index in [1.807, 2.05) is 30.3 Å². The molecular formula is C14H12N4O2S2. The zero-order valence-electron chi connectivity index (χ0n) is 11.3. The lowest BCUT2D eigenvalue weighted by Gasteiger charge is -2.07. The number of anilines is 3. The van der Waals surface area contributed by atoms with Crippen LogP contribution in [0.25, 0.3) is 0 Å². The van der Waals surface area contributed by atoms with Crippen molar-refractivity contribution in [2.24, 2.45) is 0 Å². The summed E-state index contributed by atoms with van der Waals surface area (Å²) in [5.41, 5.74) is 0.878. The fourth-order valence-corrected chi connectivity index (χ4v) is 3.72. The molecule has 0 amide bonds. The minimum atomic E-state index is -3.60. The van der Waals surface area contributed by atoms with Crippen molar-refractivity contribution in [2.75, 3.05) is 10.0 Å². The van der Waals surface area contributed by atoms with Crippen molar-refractivity contribution in [1.82, 2.24) is 10.2 Å². The van der Waals surface area contributed by atoms with Gasteiger partial charge in [0.25, 0.3) is 10.0 Å². The maximum Gasteiger partial charge on any atom is 0.272 e. The van der Waals surface area contributed by atoms with Crippen molar-refractivity contribution in [3.8, 4) is 0 Å². The van der Waals surface area contributed by atoms with E-state index in [1.165, 1.54) is 6.07 Å². The Labute approximate surface area is 131 Å². The summed E-state index contributed by atoms with van der Waals surface area (Å²) in [6.07, 6.45) is 0. The number of thiophene rings is 1. The van der Waals surface area contributed by atoms with E-state index in [-0.39, 0.29) is 10.0 Å². The first kappa shape index (κ1) is 14.5. The van der Waals surface area contributed by atoms with Crippen LogP contribution < -0.4 is 10.0 Å². The van der Waals surface area contributed by atoms with Crippen LogP contribution in [0.2, 0.25) is 0 Å². The van der Waals surface area contributed by atoms with Gasteiger partial charge >= 0.3 is 0 Å². The minimum absolute atomic E-state index is 0.173. The molecule has 0 fully saturated rings. The van der Waals surface area contributed by atoms with Crippen molar-refractivity contribution in [3.63, 3.8) is 0 Å². The molecule has 1 aromatic carbocycles. The summed E-state index contributed by atoms with van der Waals surface area (Å²) in [6.45, 7) is 0. The van der Waals surface area contributed by atoms with Gasteiger partial charge in [-0.25, -0.2) is 8.42 Å². The summed E-state index contributed by atoms with van der Waals surface area (Å²) in [4.78, 5) is 0. The Morgan fingerprint density at radius 2 is 1.59 bits per heavy atom. The summed E-state index contributed by atoms with van der Waals surface area (Å²) in [5.74, 6) is 0.706. The molecule has 2 aromatic heterocycles. The lowest BCUT2D eigenvalue weighted by Crippen LogP contribution is -2.13. The number of rotatable bonds is 5. The average Bonchev–Trinajstić information content (AvgIpc) is 3.05. The SMILES string of the molecule is O=S(=O)(Nc1ccc(Nc2ccccc2)nn1)c1cccs1. The zero-order valence-corrected chi connectivity index (χ0v) is 12.9. The second-order valence-corrected chi connectivity index (χ2v) is 7.19. The third-order valence-electron chi connectivity index (χ3n) is 2.71. The Balaban J connectivity index is 1.72. The van der Waals surface area contributed by atoms with Crippen LogP contribution in [0.15, 0.2) is 64.2 Å². The molecule has 6 nitrogen and oxygen atoms in total. The molecule has 0 radical (unpaired) electrons. The predicted octanol–water partition coefficient (Wildman–Crippen LogP) is 3.08. The van der Waals surface area contributed by atoms with Gasteiger partial charge in [-0.3, -0.25) is 4.72 Å². The van der Waals surface area contributed by atoms with E-state index in [0.29, 0.717) is 5.82 Å². The van der Waals surface area contributed by atoms with Gasteiger partial charge in [0, 0.05) is 5.69 Å². The van der Waals surface area contributed by atoms with Crippen molar-refractivity contribution in [3.05, 3.63) is 60.0 Å². The molecule has 0 spiro atoms. The number of sulfonamides is 1. The fraction of sp³-hybridized carbons (Fsp3) is 0. The fourth-order valence-electron chi connectivity index (χ4n) is 1.73. The van der Waals surface area contributed by atoms with Gasteiger partial charge in [0.1, 0.15) is 4.21 Å². The van der Waals surface area contributed by atoms with Gasteiger partial charge in [-0.1, -0.05) is 24.3 Å². The van der Waals surface area contributed by atoms with E-state index in [9.17, 15) is 8.42 Å². The van der Waals surface area contributed by atoms with Crippen LogP contribution >= 0.6 is 11.3 Å². The number of benzene rings is 1. The Morgan fingerprint density at radius 1 is 0.864 bits per heavy atom. The Bertz CT molecular complexity index is 832. The molecule has 0 saturated heterocycles. The molecular weight excluding hydrogens is 320 g/mol. The first-order chi connectivity index (χ1) is 10.6. The number of nitrogens with zero attached hydrogens (tertiary/aromatic N) is 2. The summed E-state index contributed by atoms with van der Waals surface area (Å²) >= 11 is 1.14. The van der Waals surface area contributed by atoms with Gasteiger partial charge in [-0.05, 0) is 35.7 Å². The van der Waals surface area contributed by atoms with Crippen LogP contribution in [0, 0.1) is 0 Å². The van der Waals surface area contributed by atoms with Gasteiger partial charge in [0.05, 0.1) is 0 Å². The van der Waals surface area contributed by atoms with Crippen LogP contribution in [-0.4, -0.2) is 18.6 Å². The standard InChI is InChI=1S/C14H12N4O2S2/c19-22(20,14-7-4-10-21-14)18-13-9-8-12(16-17-13)15-11-5-2-1-3-6-11/h1-10H,(H,15,16)(H,17,18). The van der Waals surface area contributed by atoms with Gasteiger partial charge in [0.15, 0.2) is 11.6 Å². The molecule has 3 aromatic rings. The molecule has 2 heterocycles. The lowest BCUT2D eigenvalue weighted by molar-refractivity contribution is 0.603. The molecule has 0 aliphatic rings. The first-order valence-electron chi connectivity index (χ1n) is 6.36. The molecule has 0 atom stereocenters. The number of para-hydroxylation sites is 1. The minimum Gasteiger partial charge on any atom is -0.339 e. The zero-order chi connectivity index (χ0) is 15.4. The first-order valence-corrected chi connectivity index (χ1v) is 8.72. The van der Waals surface area contributed by atoms with E-state index >= 15 is 0 Å². The highest BCUT2D eigenvalue weighted by molar-refractivity contribution is 7.94. The smallest absolute Gasteiger partial charge is 0.272 e. The van der Waals surface area contributed by atoms with Crippen LogP contribution in [0.1, 0.15) is 0 Å². The van der Waals surface area contributed by atoms with E-state index < -0.39 is 10.0 Å². The van der Waals surface area contributed by atoms with E-state index in [1.54, 1.807) is 23.6 Å². The molecule has 0 unspecified atom stereocenters. The van der Waals surface area contributed by atoms with E-state index in [2.05, 4.69) is 20.2 Å². The topological polar surface area (TPSA) is 84.0 Å². The van der Waals surface area contributed by atoms with Crippen LogP contribution in [0.5, 0.6) is 0 Å². The number of hydrogen-bond acceptors (Lipinski definition) is 6. The van der Waals surface area contributed by atoms with Crippen LogP contribution in [0.3, 0.4) is 0 Å². The highest BCUT2D eigenvalue weighted by atomic mass is 32.2. The van der Waals surface area contributed by atoms with Crippen molar-refractivity contribution < 1.29 is 8.42 Å². The molecule has 8 heteroatoms. The highest BCUT2D eigenvalue weighted by Gasteiger charge is 2.15. The van der Waals surface area contributed by atoms with Gasteiger partial charge in [-0.2, -0.15) is 0 Å². The normalized spacial score (nSPS) is 11.1. The van der Waals surface area contributed by atoms with Gasteiger partial charge in [0.2, 0.25) is 0 Å². The molecule has 0 aliphatic heterocycles. The van der Waals surface area contributed by atoms with Crippen molar-refractivity contribution in [2.45, 2.75) is 4.21 Å². The molecule has 112 valence electrons. The Morgan fingerprint density at radius 3 is 2.23 bits per heavy atom. The number of aromatic nitrogens is 2. The molecule has 22 heavy (non-hydrogen) atoms. The van der Waals surface area contributed by atoms with Crippen molar-refractivity contribution in [1.29, 1.82) is 0 Å². The molecule has 2 N–H and O–H groups in total. The molecule has 0 bridgehead atoms. The summed E-state index contributed by atoms with van der Waals surface area (Å²) in [7, 11) is -3.60. The van der Waals surface area contributed by atoms with Gasteiger partial charge in [-0.15, -0.1) is 21.5 Å². The maximum atomic E-state index is 12.1. The van der Waals surface area contributed by atoms with Crippen LogP contribution in [0.4, 0.5) is 17.3 Å². The molecule has 0 saturated carbocycles. The number of hydrogen-bond donors (Lipinski definition) is 2. The number of nitrogens with one attached hydrogen (secondary N) is 2. The third kappa shape index (κ3) is 3.41. The quantitative estimate of drug-likeness (QED) is 0.750. The molecule has 3 rings (SSSR count). The maximum absolute atomic E-state index is 12.1. The van der Waals surface area contributed by atoms with E-state index in [4.69, 9.17) is 0 Å². The van der Waals surface area contributed by atoms with Gasteiger partial charge < -0.3 is 5.32 Å². The predicted molar refractivity (Wildman–Crippen MR) is 86.9 cm³/mol. The molecule has 0 aliphatic carbocycles. The second kappa shape index (κ2) is 6.12. The summed E-state index contributed by atoms with van der Waals surface area (Å²) < 4.78 is 26.7. The highest BCUT2D eigenvalue weighted by Crippen LogP contribution is 2.19. The Kier molecular flexibility index (Phi) is 4.03. The summed E-state index contributed by atoms with van der Waals surface area (Å²) in [6, 6.07) is 15.9. The third-order valence-corrected chi connectivity index (χ3v) is 5.46. The largest absolute Gasteiger partial charge is 0.339 e. The summed E-state index contributed by atoms with van der Waals surface area (Å²) in [5, 5.41) is 12.6. The average molecular weight is 332 g/mol. The van der Waals surface area contributed by atoms with Crippen LogP contribution in [-0.2, 0) is 10.0 Å².